The summed E-state index contributed by atoms with van der Waals surface area (Å²) in [5.74, 6) is -0.752. The number of phosphoric acid groups is 2. The SMILES string of the molecule is NC(=O)c1ccc[n+]([C@@H]2O[C@H](COP(=O)([O-])OP(=O)(O)OC[C@H]3O[C@@H](n4cnc5c(N)ncnc54)[C@H]([O-])[C@@H]3O)[C@@H](O)[C@H]2O)c1.[Na+]. The zero-order valence-corrected chi connectivity index (χ0v) is 26.9. The number of rotatable bonds is 11. The first-order valence-corrected chi connectivity index (χ1v) is 15.5. The Morgan fingerprint density at radius 2 is 1.78 bits per heavy atom. The van der Waals surface area contributed by atoms with E-state index in [0.717, 1.165) is 6.33 Å². The number of nitrogen functional groups attached to an aromatic ring is 1. The number of primary amides is 1. The van der Waals surface area contributed by atoms with Crippen molar-refractivity contribution >= 4 is 38.5 Å². The fourth-order valence-electron chi connectivity index (χ4n) is 4.55. The van der Waals surface area contributed by atoms with Gasteiger partial charge in [-0.2, -0.15) is 4.57 Å². The maximum absolute atomic E-state index is 12.7. The van der Waals surface area contributed by atoms with Crippen molar-refractivity contribution in [2.45, 2.75) is 49.1 Å². The standard InChI is InChI=1S/C21H27N7O14P2.Na/c22-17-12-19(25-7-24-17)28(8-26-12)21-16(32)14(30)11(41-21)6-39-44(36,37)42-43(34,35)38-5-10-13(29)15(31)20(40-10)27-3-1-2-9(4-27)18(23)33;/h1-4,7-8,10-11,13-16,20-21,29-31H,5-6H2,(H2,23,33)(H,34,35)(H,36,37)(H2,22,24,25);/q;+1/p-1/t10-,11-,13-,14-,15-,16-,20-,21-;/m1./s1. The molecule has 3 aromatic rings. The van der Waals surface area contributed by atoms with Crippen molar-refractivity contribution in [2.75, 3.05) is 18.9 Å². The number of amides is 1. The predicted octanol–water partition coefficient (Wildman–Crippen LogP) is -7.28. The van der Waals surface area contributed by atoms with E-state index in [9.17, 15) is 44.1 Å². The summed E-state index contributed by atoms with van der Waals surface area (Å²) in [6.45, 7) is -1.93. The maximum Gasteiger partial charge on any atom is 1.00 e. The smallest absolute Gasteiger partial charge is 0.847 e. The zero-order chi connectivity index (χ0) is 32.0. The molecule has 10 atom stereocenters. The van der Waals surface area contributed by atoms with E-state index in [0.29, 0.717) is 0 Å². The van der Waals surface area contributed by atoms with Gasteiger partial charge in [0.15, 0.2) is 30.0 Å². The van der Waals surface area contributed by atoms with Crippen molar-refractivity contribution in [2.24, 2.45) is 5.73 Å². The molecule has 0 aromatic carbocycles. The number of aliphatic hydroxyl groups excluding tert-OH is 3. The Balaban J connectivity index is 0.00000461. The molecular weight excluding hydrogens is 659 g/mol. The second-order valence-electron chi connectivity index (χ2n) is 9.64. The molecule has 24 heteroatoms. The number of hydrogen-bond donors (Lipinski definition) is 6. The van der Waals surface area contributed by atoms with Crippen LogP contribution in [0.3, 0.4) is 0 Å². The minimum Gasteiger partial charge on any atom is -0.847 e. The minimum absolute atomic E-state index is 0. The summed E-state index contributed by atoms with van der Waals surface area (Å²) < 4.78 is 51.3. The average Bonchev–Trinajstić information content (AvgIpc) is 3.61. The monoisotopic (exact) mass is 685 g/mol. The van der Waals surface area contributed by atoms with Gasteiger partial charge in [0, 0.05) is 6.07 Å². The topological polar surface area (TPSA) is 324 Å². The molecule has 0 spiro atoms. The molecule has 5 heterocycles. The van der Waals surface area contributed by atoms with Gasteiger partial charge in [0.25, 0.3) is 20.0 Å². The number of aromatic nitrogens is 5. The molecule has 2 saturated heterocycles. The van der Waals surface area contributed by atoms with Crippen LogP contribution < -0.4 is 55.6 Å². The number of hydrogen-bond acceptors (Lipinski definition) is 17. The van der Waals surface area contributed by atoms with Gasteiger partial charge in [0.2, 0.25) is 0 Å². The summed E-state index contributed by atoms with van der Waals surface area (Å²) in [7, 11) is -11.1. The van der Waals surface area contributed by atoms with Gasteiger partial charge in [-0.3, -0.25) is 18.5 Å². The van der Waals surface area contributed by atoms with Crippen LogP contribution in [0.1, 0.15) is 22.8 Å². The molecule has 5 rings (SSSR count). The molecule has 2 unspecified atom stereocenters. The molecular formula is C21H26N7NaO14P2. The van der Waals surface area contributed by atoms with Gasteiger partial charge in [-0.25, -0.2) is 23.8 Å². The number of phosphoric ester groups is 2. The maximum atomic E-state index is 12.7. The molecule has 3 aromatic heterocycles. The molecule has 0 bridgehead atoms. The molecule has 2 aliphatic heterocycles. The summed E-state index contributed by atoms with van der Waals surface area (Å²) in [5.41, 5.74) is 11.3. The number of pyridine rings is 1. The minimum atomic E-state index is -5.63. The van der Waals surface area contributed by atoms with Gasteiger partial charge in [0.1, 0.15) is 41.9 Å². The van der Waals surface area contributed by atoms with E-state index in [1.54, 1.807) is 0 Å². The van der Waals surface area contributed by atoms with Gasteiger partial charge in [-0.05, 0) is 12.2 Å². The van der Waals surface area contributed by atoms with E-state index in [4.69, 9.17) is 20.9 Å². The van der Waals surface area contributed by atoms with Gasteiger partial charge >= 0.3 is 37.4 Å². The second-order valence-corrected chi connectivity index (χ2v) is 12.6. The first kappa shape index (κ1) is 35.8. The first-order valence-electron chi connectivity index (χ1n) is 12.6. The number of nitrogens with two attached hydrogens (primary N) is 2. The molecule has 0 aliphatic carbocycles. The van der Waals surface area contributed by atoms with Crippen molar-refractivity contribution in [1.82, 2.24) is 19.5 Å². The Morgan fingerprint density at radius 1 is 1.09 bits per heavy atom. The summed E-state index contributed by atoms with van der Waals surface area (Å²) in [5, 5.41) is 43.7. The fourth-order valence-corrected chi connectivity index (χ4v) is 6.60. The largest absolute Gasteiger partial charge is 1.00 e. The normalized spacial score (nSPS) is 30.9. The number of carbonyl (C=O) groups excluding carboxylic acids is 1. The van der Waals surface area contributed by atoms with Gasteiger partial charge in [0.05, 0.1) is 25.6 Å². The first-order chi connectivity index (χ1) is 20.7. The summed E-state index contributed by atoms with van der Waals surface area (Å²) in [4.78, 5) is 45.4. The molecule has 21 nitrogen and oxygen atoms in total. The van der Waals surface area contributed by atoms with E-state index >= 15 is 0 Å². The molecule has 2 fully saturated rings. The Morgan fingerprint density at radius 3 is 2.49 bits per heavy atom. The molecule has 240 valence electrons. The third kappa shape index (κ3) is 7.77. The predicted molar refractivity (Wildman–Crippen MR) is 135 cm³/mol. The van der Waals surface area contributed by atoms with E-state index in [1.807, 2.05) is 0 Å². The molecule has 1 amide bonds. The average molecular weight is 685 g/mol. The third-order valence-electron chi connectivity index (χ3n) is 6.71. The van der Waals surface area contributed by atoms with Crippen molar-refractivity contribution in [3.63, 3.8) is 0 Å². The number of ether oxygens (including phenoxy) is 2. The van der Waals surface area contributed by atoms with Crippen LogP contribution in [0.4, 0.5) is 5.82 Å². The Labute approximate surface area is 274 Å². The third-order valence-corrected chi connectivity index (χ3v) is 9.28. The molecule has 2 aliphatic rings. The van der Waals surface area contributed by atoms with E-state index in [1.165, 1.54) is 40.0 Å². The number of nitrogens with zero attached hydrogens (tertiary/aromatic N) is 5. The van der Waals surface area contributed by atoms with Crippen molar-refractivity contribution < 1.29 is 101 Å². The molecule has 8 N–H and O–H groups in total. The second kappa shape index (κ2) is 14.0. The Bertz CT molecular complexity index is 1640. The molecule has 0 radical (unpaired) electrons. The van der Waals surface area contributed by atoms with Crippen LogP contribution >= 0.6 is 15.6 Å². The van der Waals surface area contributed by atoms with Crippen LogP contribution in [0, 0.1) is 0 Å². The van der Waals surface area contributed by atoms with Crippen LogP contribution in [0.15, 0.2) is 37.2 Å². The fraction of sp³-hybridized carbons (Fsp3) is 0.476. The Kier molecular flexibility index (Phi) is 11.1. The number of anilines is 1. The Hall–Kier alpha value is -2.01. The van der Waals surface area contributed by atoms with Gasteiger partial charge in [-0.15, -0.1) is 0 Å². The molecule has 0 saturated carbocycles. The van der Waals surface area contributed by atoms with Crippen LogP contribution in [0.2, 0.25) is 0 Å². The van der Waals surface area contributed by atoms with Crippen molar-refractivity contribution in [1.29, 1.82) is 0 Å². The van der Waals surface area contributed by atoms with E-state index in [-0.39, 0.29) is 52.1 Å². The van der Waals surface area contributed by atoms with Crippen LogP contribution in [-0.4, -0.2) is 95.5 Å². The summed E-state index contributed by atoms with van der Waals surface area (Å²) in [6.07, 6.45) is -7.68. The zero-order valence-electron chi connectivity index (χ0n) is 23.2. The summed E-state index contributed by atoms with van der Waals surface area (Å²) >= 11 is 0. The van der Waals surface area contributed by atoms with Gasteiger partial charge < -0.3 is 55.7 Å². The number of aliphatic hydroxyl groups is 3. The van der Waals surface area contributed by atoms with Crippen LogP contribution in [0.25, 0.3) is 11.2 Å². The van der Waals surface area contributed by atoms with Crippen LogP contribution in [0.5, 0.6) is 0 Å². The van der Waals surface area contributed by atoms with E-state index < -0.39 is 83.8 Å². The van der Waals surface area contributed by atoms with E-state index in [2.05, 4.69) is 28.3 Å². The van der Waals surface area contributed by atoms with Gasteiger partial charge in [-0.1, -0.05) is 0 Å². The quantitative estimate of drug-likeness (QED) is 0.0620. The van der Waals surface area contributed by atoms with Crippen LogP contribution in [-0.2, 0) is 32.0 Å². The number of imidazole rings is 1. The number of fused-ring (bicyclic) bond motifs is 1. The van der Waals surface area contributed by atoms with Crippen molar-refractivity contribution in [3.8, 4) is 0 Å². The molecule has 45 heavy (non-hydrogen) atoms. The number of carbonyl (C=O) groups is 1. The summed E-state index contributed by atoms with van der Waals surface area (Å²) in [6, 6.07) is 2.81. The van der Waals surface area contributed by atoms with Crippen molar-refractivity contribution in [3.05, 3.63) is 42.7 Å².